The summed E-state index contributed by atoms with van der Waals surface area (Å²) >= 11 is 2.98. The average Bonchev–Trinajstić information content (AvgIpc) is 2.66. The molecule has 1 aromatic rings. The highest BCUT2D eigenvalue weighted by Crippen LogP contribution is 2.40. The van der Waals surface area contributed by atoms with Gasteiger partial charge in [-0.05, 0) is 22.9 Å². The Morgan fingerprint density at radius 2 is 2.33 bits per heavy atom. The molecule has 0 aromatic carbocycles. The van der Waals surface area contributed by atoms with E-state index in [0.29, 0.717) is 0 Å². The van der Waals surface area contributed by atoms with Crippen LogP contribution >= 0.6 is 15.9 Å². The SMILES string of the molecule is CC(=O)OC[C@@H]1C[C@@](C)(F)[C@H](n2cc(Br)c(=O)[nH]c2=O)O1. The monoisotopic (exact) mass is 364 g/mol. The highest BCUT2D eigenvalue weighted by molar-refractivity contribution is 9.10. The van der Waals surface area contributed by atoms with Gasteiger partial charge in [-0.15, -0.1) is 0 Å². The van der Waals surface area contributed by atoms with Crippen LogP contribution in [0.1, 0.15) is 26.5 Å². The minimum absolute atomic E-state index is 0.0336. The molecule has 0 radical (unpaired) electrons. The van der Waals surface area contributed by atoms with E-state index in [0.717, 1.165) is 4.57 Å². The quantitative estimate of drug-likeness (QED) is 0.804. The molecule has 0 bridgehead atoms. The number of nitrogens with zero attached hydrogens (tertiary/aromatic N) is 1. The Balaban J connectivity index is 2.27. The van der Waals surface area contributed by atoms with Crippen LogP contribution in [0.25, 0.3) is 0 Å². The van der Waals surface area contributed by atoms with Crippen molar-refractivity contribution in [2.75, 3.05) is 6.61 Å². The first-order valence-corrected chi connectivity index (χ1v) is 6.98. The molecule has 3 atom stereocenters. The Bertz CT molecular complexity index is 668. The van der Waals surface area contributed by atoms with E-state index in [-0.39, 0.29) is 17.5 Å². The zero-order chi connectivity index (χ0) is 15.8. The minimum atomic E-state index is -1.84. The fourth-order valence-corrected chi connectivity index (χ4v) is 2.54. The minimum Gasteiger partial charge on any atom is -0.463 e. The summed E-state index contributed by atoms with van der Waals surface area (Å²) < 4.78 is 25.9. The zero-order valence-corrected chi connectivity index (χ0v) is 13.0. The van der Waals surface area contributed by atoms with E-state index in [2.05, 4.69) is 20.9 Å². The second kappa shape index (κ2) is 5.72. The summed E-state index contributed by atoms with van der Waals surface area (Å²) in [5.41, 5.74) is -3.22. The summed E-state index contributed by atoms with van der Waals surface area (Å²) in [6.07, 6.45) is -0.725. The van der Waals surface area contributed by atoms with Crippen LogP contribution in [0.2, 0.25) is 0 Å². The number of hydrogen-bond donors (Lipinski definition) is 1. The lowest BCUT2D eigenvalue weighted by atomic mass is 10.0. The number of aromatic nitrogens is 2. The summed E-state index contributed by atoms with van der Waals surface area (Å²) in [4.78, 5) is 35.9. The normalized spacial score (nSPS) is 28.6. The molecule has 1 aliphatic rings. The summed E-state index contributed by atoms with van der Waals surface area (Å²) in [6, 6.07) is 0. The highest BCUT2D eigenvalue weighted by atomic mass is 79.9. The number of carbonyl (C=O) groups is 1. The molecular formula is C12H14BrFN2O5. The molecule has 0 aliphatic carbocycles. The lowest BCUT2D eigenvalue weighted by Crippen LogP contribution is -2.38. The first-order valence-electron chi connectivity index (χ1n) is 6.19. The molecule has 9 heteroatoms. The Labute approximate surface area is 127 Å². The zero-order valence-electron chi connectivity index (χ0n) is 11.4. The van der Waals surface area contributed by atoms with Crippen LogP contribution in [0.4, 0.5) is 4.39 Å². The molecular weight excluding hydrogens is 351 g/mol. The number of ether oxygens (including phenoxy) is 2. The molecule has 1 fully saturated rings. The maximum atomic E-state index is 14.6. The fraction of sp³-hybridized carbons (Fsp3) is 0.583. The molecule has 0 saturated carbocycles. The number of hydrogen-bond acceptors (Lipinski definition) is 5. The Morgan fingerprint density at radius 3 is 2.95 bits per heavy atom. The van der Waals surface area contributed by atoms with Gasteiger partial charge in [0.05, 0.1) is 10.6 Å². The molecule has 1 aliphatic heterocycles. The predicted octanol–water partition coefficient (Wildman–Crippen LogP) is 0.878. The van der Waals surface area contributed by atoms with Crippen LogP contribution < -0.4 is 11.2 Å². The fourth-order valence-electron chi connectivity index (χ4n) is 2.22. The summed E-state index contributed by atoms with van der Waals surface area (Å²) in [5.74, 6) is -0.494. The van der Waals surface area contributed by atoms with Crippen LogP contribution in [0.15, 0.2) is 20.3 Å². The van der Waals surface area contributed by atoms with Gasteiger partial charge in [-0.1, -0.05) is 0 Å². The van der Waals surface area contributed by atoms with Crippen molar-refractivity contribution in [2.45, 2.75) is 38.3 Å². The van der Waals surface area contributed by atoms with Crippen LogP contribution in [0.5, 0.6) is 0 Å². The molecule has 0 unspecified atom stereocenters. The van der Waals surface area contributed by atoms with E-state index in [9.17, 15) is 18.8 Å². The maximum absolute atomic E-state index is 14.6. The third-order valence-electron chi connectivity index (χ3n) is 3.11. The van der Waals surface area contributed by atoms with Gasteiger partial charge < -0.3 is 9.47 Å². The summed E-state index contributed by atoms with van der Waals surface area (Å²) in [7, 11) is 0. The van der Waals surface area contributed by atoms with Gasteiger partial charge in [-0.3, -0.25) is 19.1 Å². The number of rotatable bonds is 3. The second-order valence-corrected chi connectivity index (χ2v) is 5.89. The molecule has 2 rings (SSSR count). The molecule has 116 valence electrons. The van der Waals surface area contributed by atoms with E-state index in [4.69, 9.17) is 9.47 Å². The summed E-state index contributed by atoms with van der Waals surface area (Å²) in [6.45, 7) is 2.44. The molecule has 1 N–H and O–H groups in total. The van der Waals surface area contributed by atoms with Gasteiger partial charge in [0.2, 0.25) is 0 Å². The predicted molar refractivity (Wildman–Crippen MR) is 73.7 cm³/mol. The molecule has 0 amide bonds. The average molecular weight is 365 g/mol. The van der Waals surface area contributed by atoms with Crippen molar-refractivity contribution in [1.29, 1.82) is 0 Å². The largest absolute Gasteiger partial charge is 0.463 e. The Kier molecular flexibility index (Phi) is 4.33. The van der Waals surface area contributed by atoms with E-state index in [1.807, 2.05) is 0 Å². The number of aromatic amines is 1. The van der Waals surface area contributed by atoms with E-state index >= 15 is 0 Å². The lowest BCUT2D eigenvalue weighted by Gasteiger charge is -2.22. The topological polar surface area (TPSA) is 90.4 Å². The van der Waals surface area contributed by atoms with Crippen molar-refractivity contribution in [2.24, 2.45) is 0 Å². The number of esters is 1. The van der Waals surface area contributed by atoms with Crippen LogP contribution in [-0.2, 0) is 14.3 Å². The first kappa shape index (κ1) is 15.9. The summed E-state index contributed by atoms with van der Waals surface area (Å²) in [5, 5.41) is 0. The van der Waals surface area contributed by atoms with Crippen molar-refractivity contribution >= 4 is 21.9 Å². The molecule has 1 saturated heterocycles. The van der Waals surface area contributed by atoms with Crippen molar-refractivity contribution < 1.29 is 18.7 Å². The Morgan fingerprint density at radius 1 is 1.67 bits per heavy atom. The van der Waals surface area contributed by atoms with Crippen LogP contribution in [-0.4, -0.2) is 33.9 Å². The maximum Gasteiger partial charge on any atom is 0.330 e. The van der Waals surface area contributed by atoms with Gasteiger partial charge in [0, 0.05) is 19.5 Å². The molecule has 7 nitrogen and oxygen atoms in total. The number of alkyl halides is 1. The van der Waals surface area contributed by atoms with Gasteiger partial charge in [0.1, 0.15) is 6.61 Å². The van der Waals surface area contributed by atoms with Gasteiger partial charge in [-0.25, -0.2) is 9.18 Å². The standard InChI is InChI=1S/C12H14BrFN2O5/c1-6(17)20-5-7-3-12(2,14)10(21-7)16-4-8(13)9(18)15-11(16)19/h4,7,10H,3,5H2,1-2H3,(H,15,18,19)/t7-,10+,12+/m0/s1. The van der Waals surface area contributed by atoms with E-state index in [1.165, 1.54) is 20.0 Å². The smallest absolute Gasteiger partial charge is 0.330 e. The van der Waals surface area contributed by atoms with Crippen molar-refractivity contribution in [1.82, 2.24) is 9.55 Å². The van der Waals surface area contributed by atoms with Gasteiger partial charge >= 0.3 is 11.7 Å². The van der Waals surface area contributed by atoms with Crippen molar-refractivity contribution in [3.05, 3.63) is 31.5 Å². The Hall–Kier alpha value is -1.48. The van der Waals surface area contributed by atoms with Crippen LogP contribution in [0.3, 0.4) is 0 Å². The van der Waals surface area contributed by atoms with Crippen molar-refractivity contribution in [3.63, 3.8) is 0 Å². The third-order valence-corrected chi connectivity index (χ3v) is 3.68. The first-order chi connectivity index (χ1) is 9.70. The van der Waals surface area contributed by atoms with Crippen LogP contribution in [0, 0.1) is 0 Å². The number of nitrogens with one attached hydrogen (secondary N) is 1. The van der Waals surface area contributed by atoms with Gasteiger partial charge in [0.15, 0.2) is 11.9 Å². The molecule has 21 heavy (non-hydrogen) atoms. The third kappa shape index (κ3) is 3.41. The van der Waals surface area contributed by atoms with E-state index in [1.54, 1.807) is 0 Å². The second-order valence-electron chi connectivity index (χ2n) is 5.04. The molecule has 1 aromatic heterocycles. The van der Waals surface area contributed by atoms with Gasteiger partial charge in [-0.2, -0.15) is 0 Å². The highest BCUT2D eigenvalue weighted by Gasteiger charge is 2.47. The number of halogens is 2. The van der Waals surface area contributed by atoms with Gasteiger partial charge in [0.25, 0.3) is 5.56 Å². The van der Waals surface area contributed by atoms with Crippen molar-refractivity contribution in [3.8, 4) is 0 Å². The lowest BCUT2D eigenvalue weighted by molar-refractivity contribution is -0.146. The number of H-pyrrole nitrogens is 1. The number of carbonyl (C=O) groups excluding carboxylic acids is 1. The molecule has 2 heterocycles. The van der Waals surface area contributed by atoms with E-state index < -0.39 is 35.2 Å². The molecule has 0 spiro atoms.